The van der Waals surface area contributed by atoms with Crippen molar-refractivity contribution < 1.29 is 14.6 Å². The molecular weight excluding hydrogens is 459 g/mol. The quantitative estimate of drug-likeness (QED) is 0.210. The van der Waals surface area contributed by atoms with Crippen molar-refractivity contribution in [3.63, 3.8) is 0 Å². The summed E-state index contributed by atoms with van der Waals surface area (Å²) >= 11 is 0. The first-order valence-corrected chi connectivity index (χ1v) is 8.34. The maximum atomic E-state index is 12.0. The second kappa shape index (κ2) is 12.0. The fraction of sp³-hybridized carbons (Fsp3) is 0.263. The molecule has 0 fully saturated rings. The summed E-state index contributed by atoms with van der Waals surface area (Å²) < 4.78 is 5.20. The molecule has 4 N–H and O–H groups in total. The first kappa shape index (κ1) is 22.6. The van der Waals surface area contributed by atoms with E-state index in [0.717, 1.165) is 11.3 Å². The van der Waals surface area contributed by atoms with Crippen molar-refractivity contribution in [2.75, 3.05) is 25.5 Å². The normalized spacial score (nSPS) is 10.5. The SMILES string of the molecule is CCNC(=NCc1cccc(OC)c1)NCC(=O)Nc1ccc(O)cc1.I. The van der Waals surface area contributed by atoms with Crippen LogP contribution in [-0.2, 0) is 11.3 Å². The number of aromatic hydroxyl groups is 1. The Morgan fingerprint density at radius 3 is 2.56 bits per heavy atom. The van der Waals surface area contributed by atoms with Gasteiger partial charge in [0.15, 0.2) is 5.96 Å². The smallest absolute Gasteiger partial charge is 0.243 e. The average molecular weight is 484 g/mol. The molecule has 0 aliphatic heterocycles. The molecule has 7 nitrogen and oxygen atoms in total. The Labute approximate surface area is 176 Å². The third kappa shape index (κ3) is 8.16. The van der Waals surface area contributed by atoms with Crippen LogP contribution in [0, 0.1) is 0 Å². The Kier molecular flexibility index (Phi) is 10.0. The van der Waals surface area contributed by atoms with Crippen LogP contribution in [0.4, 0.5) is 5.69 Å². The van der Waals surface area contributed by atoms with E-state index in [-0.39, 0.29) is 42.2 Å². The Balaban J connectivity index is 0.00000364. The molecule has 0 aromatic heterocycles. The van der Waals surface area contributed by atoms with E-state index in [1.165, 1.54) is 12.1 Å². The van der Waals surface area contributed by atoms with Gasteiger partial charge in [-0.05, 0) is 48.9 Å². The zero-order valence-corrected chi connectivity index (χ0v) is 17.7. The summed E-state index contributed by atoms with van der Waals surface area (Å²) in [6.45, 7) is 3.18. The van der Waals surface area contributed by atoms with Crippen LogP contribution in [0.3, 0.4) is 0 Å². The van der Waals surface area contributed by atoms with Crippen molar-refractivity contribution in [1.29, 1.82) is 0 Å². The lowest BCUT2D eigenvalue weighted by Gasteiger charge is -2.12. The summed E-state index contributed by atoms with van der Waals surface area (Å²) in [7, 11) is 1.63. The number of phenols is 1. The van der Waals surface area contributed by atoms with Crippen LogP contribution in [0.2, 0.25) is 0 Å². The molecule has 8 heteroatoms. The number of carbonyl (C=O) groups is 1. The number of rotatable bonds is 7. The Morgan fingerprint density at radius 2 is 1.89 bits per heavy atom. The van der Waals surface area contributed by atoms with E-state index in [4.69, 9.17) is 4.74 Å². The highest BCUT2D eigenvalue weighted by atomic mass is 127. The maximum Gasteiger partial charge on any atom is 0.243 e. The summed E-state index contributed by atoms with van der Waals surface area (Å²) in [6.07, 6.45) is 0. The van der Waals surface area contributed by atoms with Crippen LogP contribution in [0.5, 0.6) is 11.5 Å². The van der Waals surface area contributed by atoms with Crippen LogP contribution in [0.25, 0.3) is 0 Å². The molecule has 2 aromatic carbocycles. The lowest BCUT2D eigenvalue weighted by molar-refractivity contribution is -0.115. The van der Waals surface area contributed by atoms with Gasteiger partial charge in [0, 0.05) is 12.2 Å². The van der Waals surface area contributed by atoms with Gasteiger partial charge in [0.1, 0.15) is 11.5 Å². The van der Waals surface area contributed by atoms with Gasteiger partial charge in [0.25, 0.3) is 0 Å². The summed E-state index contributed by atoms with van der Waals surface area (Å²) in [5.41, 5.74) is 1.63. The van der Waals surface area contributed by atoms with E-state index in [9.17, 15) is 9.90 Å². The summed E-state index contributed by atoms with van der Waals surface area (Å²) in [5, 5.41) is 18.1. The van der Waals surface area contributed by atoms with Gasteiger partial charge in [-0.3, -0.25) is 4.79 Å². The van der Waals surface area contributed by atoms with Gasteiger partial charge in [-0.2, -0.15) is 0 Å². The number of ether oxygens (including phenoxy) is 1. The van der Waals surface area contributed by atoms with E-state index in [2.05, 4.69) is 20.9 Å². The number of hydrogen-bond donors (Lipinski definition) is 4. The number of guanidine groups is 1. The number of anilines is 1. The van der Waals surface area contributed by atoms with Crippen molar-refractivity contribution in [1.82, 2.24) is 10.6 Å². The average Bonchev–Trinajstić information content (AvgIpc) is 2.66. The van der Waals surface area contributed by atoms with Gasteiger partial charge in [-0.15, -0.1) is 24.0 Å². The number of amides is 1. The molecule has 0 bridgehead atoms. The molecule has 0 radical (unpaired) electrons. The highest BCUT2D eigenvalue weighted by Gasteiger charge is 2.05. The summed E-state index contributed by atoms with van der Waals surface area (Å²) in [6, 6.07) is 14.0. The van der Waals surface area contributed by atoms with Crippen molar-refractivity contribution in [2.24, 2.45) is 4.99 Å². The highest BCUT2D eigenvalue weighted by Crippen LogP contribution is 2.14. The van der Waals surface area contributed by atoms with E-state index >= 15 is 0 Å². The minimum atomic E-state index is -0.206. The monoisotopic (exact) mass is 484 g/mol. The van der Waals surface area contributed by atoms with Crippen LogP contribution < -0.4 is 20.7 Å². The number of carbonyl (C=O) groups excluding carboxylic acids is 1. The molecule has 0 spiro atoms. The number of hydrogen-bond acceptors (Lipinski definition) is 4. The second-order valence-corrected chi connectivity index (χ2v) is 5.50. The summed E-state index contributed by atoms with van der Waals surface area (Å²) in [4.78, 5) is 16.5. The number of aliphatic imine (C=N–C) groups is 1. The first-order chi connectivity index (χ1) is 12.6. The number of nitrogens with zero attached hydrogens (tertiary/aromatic N) is 1. The zero-order chi connectivity index (χ0) is 18.8. The van der Waals surface area contributed by atoms with E-state index in [0.29, 0.717) is 24.7 Å². The van der Waals surface area contributed by atoms with Crippen molar-refractivity contribution >= 4 is 41.5 Å². The number of benzene rings is 2. The van der Waals surface area contributed by atoms with E-state index in [1.54, 1.807) is 19.2 Å². The zero-order valence-electron chi connectivity index (χ0n) is 15.4. The first-order valence-electron chi connectivity index (χ1n) is 8.34. The van der Waals surface area contributed by atoms with Gasteiger partial charge in [0.05, 0.1) is 20.2 Å². The Hall–Kier alpha value is -2.49. The molecule has 1 amide bonds. The third-order valence-corrected chi connectivity index (χ3v) is 3.47. The predicted molar refractivity (Wildman–Crippen MR) is 118 cm³/mol. The molecule has 146 valence electrons. The van der Waals surface area contributed by atoms with E-state index in [1.807, 2.05) is 31.2 Å². The summed E-state index contributed by atoms with van der Waals surface area (Å²) in [5.74, 6) is 1.28. The molecule has 27 heavy (non-hydrogen) atoms. The minimum Gasteiger partial charge on any atom is -0.508 e. The van der Waals surface area contributed by atoms with E-state index < -0.39 is 0 Å². The van der Waals surface area contributed by atoms with Gasteiger partial charge < -0.3 is 25.8 Å². The molecular formula is C19H25IN4O3. The fourth-order valence-electron chi connectivity index (χ4n) is 2.20. The molecule has 0 aliphatic carbocycles. The molecule has 0 saturated carbocycles. The number of halogens is 1. The molecule has 2 aromatic rings. The van der Waals surface area contributed by atoms with Crippen molar-refractivity contribution in [2.45, 2.75) is 13.5 Å². The number of phenolic OH excluding ortho intramolecular Hbond substituents is 1. The molecule has 0 saturated heterocycles. The number of methoxy groups -OCH3 is 1. The van der Waals surface area contributed by atoms with Crippen LogP contribution in [0.1, 0.15) is 12.5 Å². The molecule has 0 unspecified atom stereocenters. The van der Waals surface area contributed by atoms with Crippen LogP contribution >= 0.6 is 24.0 Å². The molecule has 0 aliphatic rings. The lowest BCUT2D eigenvalue weighted by atomic mass is 10.2. The maximum absolute atomic E-state index is 12.0. The topological polar surface area (TPSA) is 95.0 Å². The predicted octanol–water partition coefficient (Wildman–Crippen LogP) is 2.71. The van der Waals surface area contributed by atoms with Crippen molar-refractivity contribution in [3.05, 3.63) is 54.1 Å². The van der Waals surface area contributed by atoms with Gasteiger partial charge in [0.2, 0.25) is 5.91 Å². The van der Waals surface area contributed by atoms with Crippen molar-refractivity contribution in [3.8, 4) is 11.5 Å². The molecule has 2 rings (SSSR count). The van der Waals surface area contributed by atoms with Gasteiger partial charge in [-0.25, -0.2) is 4.99 Å². The Morgan fingerprint density at radius 1 is 1.15 bits per heavy atom. The lowest BCUT2D eigenvalue weighted by Crippen LogP contribution is -2.41. The highest BCUT2D eigenvalue weighted by molar-refractivity contribution is 14.0. The third-order valence-electron chi connectivity index (χ3n) is 3.47. The minimum absolute atomic E-state index is 0. The largest absolute Gasteiger partial charge is 0.508 e. The molecule has 0 heterocycles. The van der Waals surface area contributed by atoms with Crippen LogP contribution in [-0.4, -0.2) is 37.2 Å². The standard InChI is InChI=1S/C19H24N4O3.HI/c1-3-20-19(21-12-14-5-4-6-17(11-14)26-2)22-13-18(25)23-15-7-9-16(24)10-8-15;/h4-11,24H,3,12-13H2,1-2H3,(H,23,25)(H2,20,21,22);1H. The molecule has 0 atom stereocenters. The Bertz CT molecular complexity index is 751. The fourth-order valence-corrected chi connectivity index (χ4v) is 2.20. The second-order valence-electron chi connectivity index (χ2n) is 5.50. The number of nitrogens with one attached hydrogen (secondary N) is 3. The van der Waals surface area contributed by atoms with Crippen LogP contribution in [0.15, 0.2) is 53.5 Å². The van der Waals surface area contributed by atoms with Gasteiger partial charge >= 0.3 is 0 Å². The van der Waals surface area contributed by atoms with Gasteiger partial charge in [-0.1, -0.05) is 12.1 Å².